The SMILES string of the molecule is CC(C)(C)OC(=O)N1C(=O)N(Cc2ccc(O)c(F)c2)C[C@@H]1c1ccccc1. The zero-order valence-corrected chi connectivity index (χ0v) is 16.1. The van der Waals surface area contributed by atoms with Crippen molar-refractivity contribution in [2.45, 2.75) is 39.0 Å². The minimum atomic E-state index is -0.757. The number of halogens is 1. The van der Waals surface area contributed by atoms with Gasteiger partial charge in [0, 0.05) is 13.1 Å². The zero-order chi connectivity index (χ0) is 20.5. The van der Waals surface area contributed by atoms with Crippen LogP contribution in [0.1, 0.15) is 37.9 Å². The van der Waals surface area contributed by atoms with Crippen LogP contribution in [-0.2, 0) is 11.3 Å². The van der Waals surface area contributed by atoms with Crippen LogP contribution in [0.3, 0.4) is 0 Å². The van der Waals surface area contributed by atoms with Crippen LogP contribution < -0.4 is 0 Å². The number of aromatic hydroxyl groups is 1. The van der Waals surface area contributed by atoms with Crippen LogP contribution in [0.4, 0.5) is 14.0 Å². The molecule has 0 bridgehead atoms. The van der Waals surface area contributed by atoms with E-state index in [0.717, 1.165) is 10.5 Å². The van der Waals surface area contributed by atoms with Gasteiger partial charge in [-0.25, -0.2) is 18.9 Å². The summed E-state index contributed by atoms with van der Waals surface area (Å²) in [4.78, 5) is 28.3. The Kier molecular flexibility index (Phi) is 5.27. The molecule has 6 nitrogen and oxygen atoms in total. The second kappa shape index (κ2) is 7.50. The fourth-order valence-electron chi connectivity index (χ4n) is 3.10. The number of carbonyl (C=O) groups excluding carboxylic acids is 2. The highest BCUT2D eigenvalue weighted by atomic mass is 19.1. The molecule has 0 aromatic heterocycles. The first kappa shape index (κ1) is 19.7. The molecule has 3 amide bonds. The van der Waals surface area contributed by atoms with Gasteiger partial charge in [-0.3, -0.25) is 0 Å². The third kappa shape index (κ3) is 4.24. The number of hydrogen-bond donors (Lipinski definition) is 1. The Balaban J connectivity index is 1.88. The van der Waals surface area contributed by atoms with Gasteiger partial charge in [0.2, 0.25) is 0 Å². The largest absolute Gasteiger partial charge is 0.505 e. The quantitative estimate of drug-likeness (QED) is 0.846. The van der Waals surface area contributed by atoms with Gasteiger partial charge in [0.1, 0.15) is 5.60 Å². The number of nitrogens with zero attached hydrogens (tertiary/aromatic N) is 2. The van der Waals surface area contributed by atoms with Crippen molar-refractivity contribution in [2.24, 2.45) is 0 Å². The molecule has 1 saturated heterocycles. The molecular weight excluding hydrogens is 363 g/mol. The Morgan fingerprint density at radius 1 is 1.21 bits per heavy atom. The van der Waals surface area contributed by atoms with Crippen molar-refractivity contribution in [2.75, 3.05) is 6.54 Å². The molecule has 148 valence electrons. The van der Waals surface area contributed by atoms with Gasteiger partial charge < -0.3 is 14.7 Å². The highest BCUT2D eigenvalue weighted by Crippen LogP contribution is 2.32. The monoisotopic (exact) mass is 386 g/mol. The predicted octanol–water partition coefficient (Wildman–Crippen LogP) is 4.45. The lowest BCUT2D eigenvalue weighted by Crippen LogP contribution is -2.40. The molecule has 2 aromatic carbocycles. The van der Waals surface area contributed by atoms with Crippen LogP contribution in [0.2, 0.25) is 0 Å². The second-order valence-electron chi connectivity index (χ2n) is 7.73. The molecule has 0 spiro atoms. The second-order valence-corrected chi connectivity index (χ2v) is 7.73. The summed E-state index contributed by atoms with van der Waals surface area (Å²) in [6.07, 6.45) is -0.717. The standard InChI is InChI=1S/C21H23FN2O4/c1-21(2,3)28-20(27)24-17(15-7-5-4-6-8-15)13-23(19(24)26)12-14-9-10-18(25)16(22)11-14/h4-11,17,25H,12-13H2,1-3H3/t17-/m1/s1. The fraction of sp³-hybridized carbons (Fsp3) is 0.333. The maximum absolute atomic E-state index is 13.6. The minimum Gasteiger partial charge on any atom is -0.505 e. The average Bonchev–Trinajstić information content (AvgIpc) is 2.94. The zero-order valence-electron chi connectivity index (χ0n) is 16.1. The molecule has 0 aliphatic carbocycles. The molecule has 0 unspecified atom stereocenters. The maximum atomic E-state index is 13.6. The smallest absolute Gasteiger partial charge is 0.419 e. The number of phenolic OH excluding ortho intramolecular Hbond substituents is 1. The number of ether oxygens (including phenoxy) is 1. The van der Waals surface area contributed by atoms with Crippen molar-refractivity contribution < 1.29 is 23.8 Å². The lowest BCUT2D eigenvalue weighted by molar-refractivity contribution is 0.0295. The number of amides is 3. The molecule has 28 heavy (non-hydrogen) atoms. The molecule has 3 rings (SSSR count). The first-order valence-corrected chi connectivity index (χ1v) is 8.99. The van der Waals surface area contributed by atoms with Crippen LogP contribution in [-0.4, -0.2) is 39.2 Å². The van der Waals surface area contributed by atoms with Crippen LogP contribution in [0.25, 0.3) is 0 Å². The highest BCUT2D eigenvalue weighted by molar-refractivity contribution is 5.93. The minimum absolute atomic E-state index is 0.110. The van der Waals surface area contributed by atoms with E-state index in [1.807, 2.05) is 30.3 Å². The Labute approximate surface area is 163 Å². The topological polar surface area (TPSA) is 70.1 Å². The van der Waals surface area contributed by atoms with E-state index >= 15 is 0 Å². The van der Waals surface area contributed by atoms with Gasteiger partial charge in [0.15, 0.2) is 11.6 Å². The van der Waals surface area contributed by atoms with E-state index in [-0.39, 0.29) is 13.1 Å². The van der Waals surface area contributed by atoms with Gasteiger partial charge in [-0.2, -0.15) is 0 Å². The normalized spacial score (nSPS) is 17.1. The molecule has 1 aliphatic rings. The Bertz CT molecular complexity index is 880. The van der Waals surface area contributed by atoms with Gasteiger partial charge in [-0.05, 0) is 44.0 Å². The van der Waals surface area contributed by atoms with E-state index in [1.54, 1.807) is 26.8 Å². The van der Waals surface area contributed by atoms with Gasteiger partial charge in [0.05, 0.1) is 6.04 Å². The van der Waals surface area contributed by atoms with Crippen molar-refractivity contribution in [3.05, 3.63) is 65.5 Å². The van der Waals surface area contributed by atoms with Gasteiger partial charge in [0.25, 0.3) is 0 Å². The summed E-state index contributed by atoms with van der Waals surface area (Å²) in [5.41, 5.74) is 0.578. The predicted molar refractivity (Wildman–Crippen MR) is 101 cm³/mol. The average molecular weight is 386 g/mol. The Morgan fingerprint density at radius 3 is 2.50 bits per heavy atom. The number of phenols is 1. The maximum Gasteiger partial charge on any atom is 0.419 e. The van der Waals surface area contributed by atoms with E-state index in [1.165, 1.54) is 17.0 Å². The third-order valence-corrected chi connectivity index (χ3v) is 4.34. The lowest BCUT2D eigenvalue weighted by atomic mass is 10.1. The van der Waals surface area contributed by atoms with Gasteiger partial charge >= 0.3 is 12.1 Å². The summed E-state index contributed by atoms with van der Waals surface area (Å²) in [5, 5.41) is 9.35. The van der Waals surface area contributed by atoms with E-state index in [2.05, 4.69) is 0 Å². The first-order chi connectivity index (χ1) is 13.2. The summed E-state index contributed by atoms with van der Waals surface area (Å²) >= 11 is 0. The molecule has 0 saturated carbocycles. The molecule has 7 heteroatoms. The molecule has 2 aromatic rings. The van der Waals surface area contributed by atoms with Crippen molar-refractivity contribution in [1.82, 2.24) is 9.80 Å². The van der Waals surface area contributed by atoms with E-state index < -0.39 is 35.3 Å². The molecular formula is C21H23FN2O4. The fourth-order valence-corrected chi connectivity index (χ4v) is 3.10. The Morgan fingerprint density at radius 2 is 1.89 bits per heavy atom. The Hall–Kier alpha value is -3.09. The van der Waals surface area contributed by atoms with E-state index in [0.29, 0.717) is 5.56 Å². The van der Waals surface area contributed by atoms with Crippen molar-refractivity contribution >= 4 is 12.1 Å². The number of carbonyl (C=O) groups is 2. The van der Waals surface area contributed by atoms with Crippen LogP contribution in [0.15, 0.2) is 48.5 Å². The van der Waals surface area contributed by atoms with Crippen molar-refractivity contribution in [3.8, 4) is 5.75 Å². The molecule has 1 heterocycles. The number of benzene rings is 2. The summed E-state index contributed by atoms with van der Waals surface area (Å²) < 4.78 is 19.1. The summed E-state index contributed by atoms with van der Waals surface area (Å²) in [7, 11) is 0. The number of urea groups is 1. The summed E-state index contributed by atoms with van der Waals surface area (Å²) in [5.74, 6) is -1.21. The number of hydrogen-bond acceptors (Lipinski definition) is 4. The summed E-state index contributed by atoms with van der Waals surface area (Å²) in [6, 6.07) is 12.2. The number of rotatable bonds is 3. The first-order valence-electron chi connectivity index (χ1n) is 8.99. The third-order valence-electron chi connectivity index (χ3n) is 4.34. The van der Waals surface area contributed by atoms with Crippen LogP contribution in [0, 0.1) is 5.82 Å². The number of imide groups is 1. The van der Waals surface area contributed by atoms with E-state index in [4.69, 9.17) is 4.74 Å². The molecule has 1 aliphatic heterocycles. The van der Waals surface area contributed by atoms with Crippen molar-refractivity contribution in [3.63, 3.8) is 0 Å². The van der Waals surface area contributed by atoms with Crippen LogP contribution >= 0.6 is 0 Å². The van der Waals surface area contributed by atoms with Crippen molar-refractivity contribution in [1.29, 1.82) is 0 Å². The van der Waals surface area contributed by atoms with Gasteiger partial charge in [-0.15, -0.1) is 0 Å². The molecule has 1 fully saturated rings. The molecule has 1 atom stereocenters. The molecule has 1 N–H and O–H groups in total. The highest BCUT2D eigenvalue weighted by Gasteiger charge is 2.44. The van der Waals surface area contributed by atoms with E-state index in [9.17, 15) is 19.1 Å². The van der Waals surface area contributed by atoms with Crippen LogP contribution in [0.5, 0.6) is 5.75 Å². The summed E-state index contributed by atoms with van der Waals surface area (Å²) in [6.45, 7) is 5.57. The lowest BCUT2D eigenvalue weighted by Gasteiger charge is -2.26. The molecule has 0 radical (unpaired) electrons. The van der Waals surface area contributed by atoms with Gasteiger partial charge in [-0.1, -0.05) is 36.4 Å².